The summed E-state index contributed by atoms with van der Waals surface area (Å²) in [6.07, 6.45) is -2.12. The predicted molar refractivity (Wildman–Crippen MR) is 88.9 cm³/mol. The number of carboxylic acid groups (broad SMARTS) is 2. The minimum absolute atomic E-state index is 0.0666. The van der Waals surface area contributed by atoms with E-state index in [4.69, 9.17) is 10.2 Å². The van der Waals surface area contributed by atoms with Crippen molar-refractivity contribution in [2.45, 2.75) is 31.5 Å². The molecule has 0 aromatic heterocycles. The molecule has 2 amide bonds. The molecule has 0 aliphatic carbocycles. The number of hydrogen-bond donors (Lipinski definition) is 4. The van der Waals surface area contributed by atoms with Gasteiger partial charge in [0.25, 0.3) is 24.8 Å². The summed E-state index contributed by atoms with van der Waals surface area (Å²) >= 11 is 0. The molecule has 2 atom stereocenters. The smallest absolute Gasteiger partial charge is 0.326 e. The van der Waals surface area contributed by atoms with Crippen LogP contribution in [0.25, 0.3) is 0 Å². The molecular formula is C15H18N4O10. The number of carbonyl (C=O) groups is 6. The van der Waals surface area contributed by atoms with E-state index in [1.807, 2.05) is 0 Å². The van der Waals surface area contributed by atoms with Crippen molar-refractivity contribution in [1.82, 2.24) is 10.6 Å². The zero-order valence-electron chi connectivity index (χ0n) is 14.9. The van der Waals surface area contributed by atoms with E-state index in [1.165, 1.54) is 0 Å². The highest BCUT2D eigenvalue weighted by Gasteiger charge is 2.30. The van der Waals surface area contributed by atoms with Gasteiger partial charge in [0.05, 0.1) is 18.7 Å². The second kappa shape index (κ2) is 11.8. The molecular weight excluding hydrogens is 396 g/mol. The van der Waals surface area contributed by atoms with Gasteiger partial charge in [0.1, 0.15) is 6.04 Å². The molecule has 29 heavy (non-hydrogen) atoms. The van der Waals surface area contributed by atoms with Crippen LogP contribution in [0.5, 0.6) is 0 Å². The molecule has 0 fully saturated rings. The Labute approximate surface area is 162 Å². The van der Waals surface area contributed by atoms with Crippen LogP contribution in [0.2, 0.25) is 0 Å². The zero-order valence-corrected chi connectivity index (χ0v) is 14.9. The molecule has 0 saturated carbocycles. The SMILES string of the molecule is O=COCC[C@H](NC(=O)C1=C(C(=O)N[C@@H](CCC(=O)O)C(=O)O)N=NC1)OC=O. The topological polar surface area (TPSA) is 210 Å². The third kappa shape index (κ3) is 7.74. The van der Waals surface area contributed by atoms with Crippen molar-refractivity contribution in [3.05, 3.63) is 11.3 Å². The summed E-state index contributed by atoms with van der Waals surface area (Å²) in [6, 6.07) is -1.52. The number of hydrogen-bond acceptors (Lipinski definition) is 10. The highest BCUT2D eigenvalue weighted by Crippen LogP contribution is 2.17. The summed E-state index contributed by atoms with van der Waals surface area (Å²) in [5.41, 5.74) is -0.682. The Morgan fingerprint density at radius 2 is 1.79 bits per heavy atom. The van der Waals surface area contributed by atoms with Crippen LogP contribution >= 0.6 is 0 Å². The van der Waals surface area contributed by atoms with Gasteiger partial charge in [-0.25, -0.2) is 4.79 Å². The Kier molecular flexibility index (Phi) is 9.43. The molecule has 14 heteroatoms. The van der Waals surface area contributed by atoms with Crippen LogP contribution in [-0.4, -0.2) is 72.3 Å². The number of amides is 2. The molecule has 14 nitrogen and oxygen atoms in total. The van der Waals surface area contributed by atoms with Crippen LogP contribution in [0.15, 0.2) is 21.5 Å². The molecule has 1 heterocycles. The van der Waals surface area contributed by atoms with Gasteiger partial charge in [0.15, 0.2) is 11.9 Å². The first-order valence-corrected chi connectivity index (χ1v) is 8.11. The number of carboxylic acids is 2. The lowest BCUT2D eigenvalue weighted by molar-refractivity contribution is -0.143. The lowest BCUT2D eigenvalue weighted by Gasteiger charge is -2.17. The van der Waals surface area contributed by atoms with Gasteiger partial charge in [0, 0.05) is 12.8 Å². The number of azo groups is 1. The van der Waals surface area contributed by atoms with E-state index in [0.717, 1.165) is 0 Å². The van der Waals surface area contributed by atoms with Crippen LogP contribution in [-0.2, 0) is 38.2 Å². The largest absolute Gasteiger partial charge is 0.481 e. The minimum atomic E-state index is -1.52. The number of aliphatic carboxylic acids is 2. The number of carbonyl (C=O) groups excluding carboxylic acids is 4. The number of nitrogens with zero attached hydrogens (tertiary/aromatic N) is 2. The lowest BCUT2D eigenvalue weighted by atomic mass is 10.1. The van der Waals surface area contributed by atoms with E-state index in [9.17, 15) is 28.8 Å². The zero-order chi connectivity index (χ0) is 21.8. The average Bonchev–Trinajstić information content (AvgIpc) is 3.15. The van der Waals surface area contributed by atoms with Gasteiger partial charge in [-0.05, 0) is 6.42 Å². The molecule has 0 unspecified atom stereocenters. The van der Waals surface area contributed by atoms with Crippen molar-refractivity contribution in [3.63, 3.8) is 0 Å². The van der Waals surface area contributed by atoms with E-state index in [2.05, 4.69) is 30.3 Å². The van der Waals surface area contributed by atoms with Crippen LogP contribution < -0.4 is 10.6 Å². The van der Waals surface area contributed by atoms with Crippen molar-refractivity contribution in [2.75, 3.05) is 13.2 Å². The first kappa shape index (κ1) is 23.2. The first-order chi connectivity index (χ1) is 13.8. The summed E-state index contributed by atoms with van der Waals surface area (Å²) in [4.78, 5) is 67.1. The standard InChI is InChI=1S/C15H18N4O10/c20-6-28-4-3-10(29-7-21)18-13(24)8-5-16-19-12(8)14(25)17-9(15(26)27)1-2-11(22)23/h6-7,9-10H,1-5H2,(H,17,25)(H,18,24)(H,22,23)(H,26,27)/t9-,10+/m0/s1. The molecule has 1 aliphatic rings. The lowest BCUT2D eigenvalue weighted by Crippen LogP contribution is -2.43. The fourth-order valence-electron chi connectivity index (χ4n) is 2.12. The average molecular weight is 414 g/mol. The van der Waals surface area contributed by atoms with E-state index >= 15 is 0 Å². The summed E-state index contributed by atoms with van der Waals surface area (Å²) < 4.78 is 9.08. The first-order valence-electron chi connectivity index (χ1n) is 8.11. The summed E-state index contributed by atoms with van der Waals surface area (Å²) in [6.45, 7) is -0.215. The quantitative estimate of drug-likeness (QED) is 0.144. The molecule has 4 N–H and O–H groups in total. The van der Waals surface area contributed by atoms with Crippen LogP contribution in [0.3, 0.4) is 0 Å². The molecule has 0 saturated heterocycles. The van der Waals surface area contributed by atoms with Crippen molar-refractivity contribution in [3.8, 4) is 0 Å². The Hall–Kier alpha value is -3.84. The fraction of sp³-hybridized carbons (Fsp3) is 0.467. The summed E-state index contributed by atoms with van der Waals surface area (Å²) in [7, 11) is 0. The van der Waals surface area contributed by atoms with Gasteiger partial charge >= 0.3 is 11.9 Å². The van der Waals surface area contributed by atoms with Gasteiger partial charge in [-0.3, -0.25) is 24.0 Å². The van der Waals surface area contributed by atoms with E-state index in [-0.39, 0.29) is 44.5 Å². The third-order valence-corrected chi connectivity index (χ3v) is 3.50. The second-order valence-corrected chi connectivity index (χ2v) is 5.47. The summed E-state index contributed by atoms with van der Waals surface area (Å²) in [5, 5.41) is 29.2. The Bertz CT molecular complexity index is 733. The van der Waals surface area contributed by atoms with Crippen LogP contribution in [0, 0.1) is 0 Å². The molecule has 0 aromatic carbocycles. The maximum absolute atomic E-state index is 12.3. The Morgan fingerprint density at radius 1 is 1.07 bits per heavy atom. The number of nitrogens with one attached hydrogen (secondary N) is 2. The fourth-order valence-corrected chi connectivity index (χ4v) is 2.12. The molecule has 158 valence electrons. The Morgan fingerprint density at radius 3 is 2.38 bits per heavy atom. The van der Waals surface area contributed by atoms with Gasteiger partial charge in [-0.15, -0.1) is 5.11 Å². The van der Waals surface area contributed by atoms with Crippen LogP contribution in [0.4, 0.5) is 0 Å². The minimum Gasteiger partial charge on any atom is -0.481 e. The monoisotopic (exact) mass is 414 g/mol. The van der Waals surface area contributed by atoms with Gasteiger partial charge < -0.3 is 30.3 Å². The molecule has 1 rings (SSSR count). The number of rotatable bonds is 14. The van der Waals surface area contributed by atoms with Gasteiger partial charge in [0.2, 0.25) is 0 Å². The van der Waals surface area contributed by atoms with Crippen molar-refractivity contribution in [2.24, 2.45) is 10.2 Å². The molecule has 0 radical (unpaired) electrons. The predicted octanol–water partition coefficient (Wildman–Crippen LogP) is -1.68. The molecule has 0 spiro atoms. The van der Waals surface area contributed by atoms with E-state index in [0.29, 0.717) is 0 Å². The van der Waals surface area contributed by atoms with E-state index in [1.54, 1.807) is 0 Å². The normalized spacial score (nSPS) is 14.5. The van der Waals surface area contributed by atoms with E-state index < -0.39 is 48.1 Å². The van der Waals surface area contributed by atoms with Gasteiger partial charge in [-0.1, -0.05) is 0 Å². The second-order valence-electron chi connectivity index (χ2n) is 5.47. The molecule has 0 bridgehead atoms. The molecule has 0 aromatic rings. The maximum Gasteiger partial charge on any atom is 0.326 e. The van der Waals surface area contributed by atoms with Gasteiger partial charge in [-0.2, -0.15) is 5.11 Å². The van der Waals surface area contributed by atoms with Crippen molar-refractivity contribution in [1.29, 1.82) is 0 Å². The summed E-state index contributed by atoms with van der Waals surface area (Å²) in [5.74, 6) is -4.61. The maximum atomic E-state index is 12.3. The third-order valence-electron chi connectivity index (χ3n) is 3.50. The highest BCUT2D eigenvalue weighted by molar-refractivity contribution is 6.06. The van der Waals surface area contributed by atoms with Crippen LogP contribution in [0.1, 0.15) is 19.3 Å². The van der Waals surface area contributed by atoms with Crippen molar-refractivity contribution >= 4 is 36.7 Å². The van der Waals surface area contributed by atoms with Crippen molar-refractivity contribution < 1.29 is 48.5 Å². The number of ether oxygens (including phenoxy) is 2. The Balaban J connectivity index is 2.84. The highest BCUT2D eigenvalue weighted by atomic mass is 16.5. The molecule has 1 aliphatic heterocycles.